The van der Waals surface area contributed by atoms with Crippen molar-refractivity contribution in [3.63, 3.8) is 0 Å². The molecule has 0 aromatic carbocycles. The van der Waals surface area contributed by atoms with Gasteiger partial charge in [-0.15, -0.1) is 0 Å². The maximum absolute atomic E-state index is 12.4. The van der Waals surface area contributed by atoms with E-state index in [2.05, 4.69) is 22.2 Å². The first kappa shape index (κ1) is 15.0. The van der Waals surface area contributed by atoms with Crippen molar-refractivity contribution in [3.8, 4) is 0 Å². The second-order valence-corrected chi connectivity index (χ2v) is 6.02. The molecule has 1 amide bonds. The van der Waals surface area contributed by atoms with Gasteiger partial charge in [0.15, 0.2) is 11.3 Å². The number of hydrogen-bond donors (Lipinski definition) is 1. The second kappa shape index (κ2) is 6.04. The number of carbonyl (C=O) groups excluding carboxylic acids is 1. The van der Waals surface area contributed by atoms with E-state index in [1.807, 2.05) is 17.4 Å². The minimum absolute atomic E-state index is 0.141. The van der Waals surface area contributed by atoms with Crippen molar-refractivity contribution in [1.29, 1.82) is 0 Å². The van der Waals surface area contributed by atoms with Crippen LogP contribution in [-0.4, -0.2) is 40.0 Å². The van der Waals surface area contributed by atoms with Gasteiger partial charge in [-0.05, 0) is 38.7 Å². The fourth-order valence-corrected chi connectivity index (χ4v) is 2.67. The zero-order valence-corrected chi connectivity index (χ0v) is 13.3. The molecule has 0 saturated heterocycles. The van der Waals surface area contributed by atoms with Gasteiger partial charge in [0.25, 0.3) is 5.91 Å². The highest BCUT2D eigenvalue weighted by atomic mass is 16.5. The van der Waals surface area contributed by atoms with Crippen LogP contribution in [0.4, 0.5) is 0 Å². The highest BCUT2D eigenvalue weighted by Crippen LogP contribution is 2.32. The highest BCUT2D eigenvalue weighted by molar-refractivity contribution is 5.98. The smallest absolute Gasteiger partial charge is 0.274 e. The second-order valence-electron chi connectivity index (χ2n) is 6.02. The Kier molecular flexibility index (Phi) is 4.11. The molecule has 3 rings (SSSR count). The standard InChI is InChI=1S/C16H22N4O2/c1-10-8-13(6-7-22-3)19-15-14(17-9-20(10)15)16(21)18-11(2)12-4-5-12/h8-9,11-12H,4-7H2,1-3H3,(H,18,21)/t11-/m0/s1. The third-order valence-corrected chi connectivity index (χ3v) is 4.21. The maximum Gasteiger partial charge on any atom is 0.274 e. The van der Waals surface area contributed by atoms with Crippen LogP contribution in [0.15, 0.2) is 12.4 Å². The Hall–Kier alpha value is -1.95. The van der Waals surface area contributed by atoms with Crippen LogP contribution in [-0.2, 0) is 11.2 Å². The number of aromatic nitrogens is 3. The van der Waals surface area contributed by atoms with Gasteiger partial charge in [0.05, 0.1) is 6.61 Å². The molecule has 22 heavy (non-hydrogen) atoms. The lowest BCUT2D eigenvalue weighted by Gasteiger charge is -2.11. The molecule has 1 aliphatic carbocycles. The van der Waals surface area contributed by atoms with Crippen molar-refractivity contribution in [2.75, 3.05) is 13.7 Å². The van der Waals surface area contributed by atoms with E-state index in [4.69, 9.17) is 4.74 Å². The first-order valence-electron chi connectivity index (χ1n) is 7.73. The van der Waals surface area contributed by atoms with Crippen LogP contribution in [0, 0.1) is 12.8 Å². The number of methoxy groups -OCH3 is 1. The van der Waals surface area contributed by atoms with Gasteiger partial charge in [-0.1, -0.05) is 0 Å². The van der Waals surface area contributed by atoms with Gasteiger partial charge in [-0.25, -0.2) is 9.97 Å². The van der Waals surface area contributed by atoms with Gasteiger partial charge < -0.3 is 10.1 Å². The normalized spacial score (nSPS) is 16.0. The number of fused-ring (bicyclic) bond motifs is 1. The number of nitrogens with one attached hydrogen (secondary N) is 1. The lowest BCUT2D eigenvalue weighted by atomic mass is 10.2. The molecule has 1 N–H and O–H groups in total. The molecule has 0 unspecified atom stereocenters. The summed E-state index contributed by atoms with van der Waals surface area (Å²) in [5, 5.41) is 3.04. The predicted molar refractivity (Wildman–Crippen MR) is 83.0 cm³/mol. The van der Waals surface area contributed by atoms with E-state index >= 15 is 0 Å². The fourth-order valence-electron chi connectivity index (χ4n) is 2.67. The van der Waals surface area contributed by atoms with E-state index in [-0.39, 0.29) is 11.9 Å². The van der Waals surface area contributed by atoms with Gasteiger partial charge in [-0.3, -0.25) is 9.20 Å². The first-order chi connectivity index (χ1) is 10.6. The van der Waals surface area contributed by atoms with E-state index in [1.54, 1.807) is 13.4 Å². The topological polar surface area (TPSA) is 68.5 Å². The van der Waals surface area contributed by atoms with Crippen molar-refractivity contribution < 1.29 is 9.53 Å². The summed E-state index contributed by atoms with van der Waals surface area (Å²) >= 11 is 0. The molecule has 2 heterocycles. The quantitative estimate of drug-likeness (QED) is 0.883. The molecule has 1 fully saturated rings. The summed E-state index contributed by atoms with van der Waals surface area (Å²) in [6.45, 7) is 4.65. The molecular weight excluding hydrogens is 280 g/mol. The zero-order chi connectivity index (χ0) is 15.7. The van der Waals surface area contributed by atoms with Gasteiger partial charge >= 0.3 is 0 Å². The summed E-state index contributed by atoms with van der Waals surface area (Å²) in [5.41, 5.74) is 2.94. The summed E-state index contributed by atoms with van der Waals surface area (Å²) in [7, 11) is 1.67. The molecule has 0 aliphatic heterocycles. The minimum Gasteiger partial charge on any atom is -0.384 e. The molecule has 0 spiro atoms. The molecule has 0 bridgehead atoms. The SMILES string of the molecule is COCCc1cc(C)n2cnc(C(=O)N[C@@H](C)C3CC3)c2n1. The lowest BCUT2D eigenvalue weighted by Crippen LogP contribution is -2.34. The molecule has 2 aromatic rings. The van der Waals surface area contributed by atoms with Crippen LogP contribution in [0.25, 0.3) is 5.65 Å². The maximum atomic E-state index is 12.4. The fraction of sp³-hybridized carbons (Fsp3) is 0.562. The Morgan fingerprint density at radius 1 is 1.55 bits per heavy atom. The molecule has 1 saturated carbocycles. The van der Waals surface area contributed by atoms with Gasteiger partial charge in [0.2, 0.25) is 0 Å². The molecular formula is C16H22N4O2. The van der Waals surface area contributed by atoms with Crippen molar-refractivity contribution in [2.24, 2.45) is 5.92 Å². The number of amides is 1. The van der Waals surface area contributed by atoms with Crippen LogP contribution in [0.3, 0.4) is 0 Å². The van der Waals surface area contributed by atoms with E-state index < -0.39 is 0 Å². The van der Waals surface area contributed by atoms with Crippen LogP contribution in [0.2, 0.25) is 0 Å². The molecule has 6 nitrogen and oxygen atoms in total. The summed E-state index contributed by atoms with van der Waals surface area (Å²) in [6, 6.07) is 2.20. The highest BCUT2D eigenvalue weighted by Gasteiger charge is 2.30. The van der Waals surface area contributed by atoms with Crippen molar-refractivity contribution >= 4 is 11.6 Å². The number of aryl methyl sites for hydroxylation is 1. The molecule has 1 aliphatic rings. The van der Waals surface area contributed by atoms with Gasteiger partial charge in [0.1, 0.15) is 6.33 Å². The van der Waals surface area contributed by atoms with Crippen molar-refractivity contribution in [1.82, 2.24) is 19.7 Å². The van der Waals surface area contributed by atoms with E-state index in [0.717, 1.165) is 17.8 Å². The number of nitrogens with zero attached hydrogens (tertiary/aromatic N) is 3. The number of rotatable bonds is 6. The zero-order valence-electron chi connectivity index (χ0n) is 13.3. The summed E-state index contributed by atoms with van der Waals surface area (Å²) in [4.78, 5) is 21.3. The number of ether oxygens (including phenoxy) is 1. The molecule has 118 valence electrons. The first-order valence-corrected chi connectivity index (χ1v) is 7.73. The Morgan fingerprint density at radius 2 is 2.32 bits per heavy atom. The third kappa shape index (κ3) is 2.97. The van der Waals surface area contributed by atoms with Crippen molar-refractivity contribution in [3.05, 3.63) is 29.5 Å². The monoisotopic (exact) mass is 302 g/mol. The average Bonchev–Trinajstić information content (AvgIpc) is 3.25. The Balaban J connectivity index is 1.88. The number of imidazole rings is 1. The van der Waals surface area contributed by atoms with Crippen LogP contribution >= 0.6 is 0 Å². The Labute approximate surface area is 129 Å². The summed E-state index contributed by atoms with van der Waals surface area (Å²) in [6.07, 6.45) is 4.78. The summed E-state index contributed by atoms with van der Waals surface area (Å²) < 4.78 is 6.96. The number of hydrogen-bond acceptors (Lipinski definition) is 4. The predicted octanol–water partition coefficient (Wildman–Crippen LogP) is 1.75. The third-order valence-electron chi connectivity index (χ3n) is 4.21. The molecule has 0 radical (unpaired) electrons. The van der Waals surface area contributed by atoms with Crippen LogP contribution in [0.1, 0.15) is 41.6 Å². The average molecular weight is 302 g/mol. The lowest BCUT2D eigenvalue weighted by molar-refractivity contribution is 0.0933. The van der Waals surface area contributed by atoms with E-state index in [1.165, 1.54) is 12.8 Å². The van der Waals surface area contributed by atoms with Gasteiger partial charge in [0, 0.05) is 31.0 Å². The van der Waals surface area contributed by atoms with Crippen LogP contribution < -0.4 is 5.32 Å². The molecule has 1 atom stereocenters. The Bertz CT molecular complexity index is 691. The van der Waals surface area contributed by atoms with Crippen molar-refractivity contribution in [2.45, 2.75) is 39.2 Å². The van der Waals surface area contributed by atoms with Gasteiger partial charge in [-0.2, -0.15) is 0 Å². The van der Waals surface area contributed by atoms with Crippen LogP contribution in [0.5, 0.6) is 0 Å². The largest absolute Gasteiger partial charge is 0.384 e. The summed E-state index contributed by atoms with van der Waals surface area (Å²) in [5.74, 6) is 0.475. The molecule has 2 aromatic heterocycles. The Morgan fingerprint density at radius 3 is 3.00 bits per heavy atom. The molecule has 6 heteroatoms. The van der Waals surface area contributed by atoms with E-state index in [9.17, 15) is 4.79 Å². The number of carbonyl (C=O) groups is 1. The van der Waals surface area contributed by atoms with E-state index in [0.29, 0.717) is 23.9 Å². The minimum atomic E-state index is -0.141.